The summed E-state index contributed by atoms with van der Waals surface area (Å²) in [7, 11) is 1.27. The number of aliphatic hydroxyl groups excluding tert-OH is 1. The van der Waals surface area contributed by atoms with Gasteiger partial charge in [0.1, 0.15) is 12.0 Å². The molecule has 1 fully saturated rings. The Balaban J connectivity index is 2.09. The van der Waals surface area contributed by atoms with Gasteiger partial charge in [-0.2, -0.15) is 0 Å². The molecule has 1 N–H and O–H groups in total. The van der Waals surface area contributed by atoms with Crippen LogP contribution in [-0.4, -0.2) is 41.6 Å². The molecule has 1 aromatic carbocycles. The van der Waals surface area contributed by atoms with Gasteiger partial charge in [0.2, 0.25) is 0 Å². The third-order valence-electron chi connectivity index (χ3n) is 4.02. The van der Waals surface area contributed by atoms with Crippen LogP contribution in [0.3, 0.4) is 0 Å². The third kappa shape index (κ3) is 1.65. The van der Waals surface area contributed by atoms with Gasteiger partial charge in [0.15, 0.2) is 0 Å². The number of carbonyl (C=O) groups is 2. The number of benzene rings is 1. The zero-order valence-corrected chi connectivity index (χ0v) is 10.6. The SMILES string of the molecule is COC(=O)[C@@H]1[C@H](O)C(=O)N2CCc3ccccc3[C@@H]12. The van der Waals surface area contributed by atoms with Crippen molar-refractivity contribution in [1.82, 2.24) is 4.90 Å². The van der Waals surface area contributed by atoms with Crippen LogP contribution >= 0.6 is 0 Å². The summed E-state index contributed by atoms with van der Waals surface area (Å²) in [5.74, 6) is -1.75. The van der Waals surface area contributed by atoms with Crippen molar-refractivity contribution < 1.29 is 19.4 Å². The van der Waals surface area contributed by atoms with Gasteiger partial charge in [-0.1, -0.05) is 24.3 Å². The molecule has 0 unspecified atom stereocenters. The molecule has 5 nitrogen and oxygen atoms in total. The predicted molar refractivity (Wildman–Crippen MR) is 66.1 cm³/mol. The molecule has 1 amide bonds. The molecule has 0 radical (unpaired) electrons. The maximum Gasteiger partial charge on any atom is 0.314 e. The Labute approximate surface area is 110 Å². The van der Waals surface area contributed by atoms with Gasteiger partial charge in [0, 0.05) is 6.54 Å². The predicted octanol–water partition coefficient (Wildman–Crippen LogP) is 0.276. The zero-order valence-electron chi connectivity index (χ0n) is 10.6. The number of ether oxygens (including phenoxy) is 1. The van der Waals surface area contributed by atoms with Gasteiger partial charge in [-0.25, -0.2) is 0 Å². The van der Waals surface area contributed by atoms with Crippen molar-refractivity contribution in [3.8, 4) is 0 Å². The molecule has 0 bridgehead atoms. The van der Waals surface area contributed by atoms with E-state index in [9.17, 15) is 14.7 Å². The number of esters is 1. The lowest BCUT2D eigenvalue weighted by Gasteiger charge is -2.33. The van der Waals surface area contributed by atoms with Crippen molar-refractivity contribution in [2.75, 3.05) is 13.7 Å². The molecule has 0 aliphatic carbocycles. The molecule has 0 spiro atoms. The molecule has 0 aromatic heterocycles. The highest BCUT2D eigenvalue weighted by Gasteiger charge is 2.53. The number of rotatable bonds is 1. The molecule has 3 rings (SSSR count). The van der Waals surface area contributed by atoms with E-state index in [0.717, 1.165) is 17.5 Å². The first kappa shape index (κ1) is 12.2. The summed E-state index contributed by atoms with van der Waals surface area (Å²) in [5, 5.41) is 10.0. The summed E-state index contributed by atoms with van der Waals surface area (Å²) in [6, 6.07) is 7.32. The second-order valence-corrected chi connectivity index (χ2v) is 4.92. The minimum absolute atomic E-state index is 0.380. The number of aliphatic hydroxyl groups is 1. The smallest absolute Gasteiger partial charge is 0.314 e. The van der Waals surface area contributed by atoms with Crippen LogP contribution in [0, 0.1) is 5.92 Å². The Kier molecular flexibility index (Phi) is 2.78. The highest BCUT2D eigenvalue weighted by molar-refractivity contribution is 5.92. The van der Waals surface area contributed by atoms with E-state index in [1.165, 1.54) is 7.11 Å². The minimum atomic E-state index is -1.30. The molecule has 2 aliphatic heterocycles. The van der Waals surface area contributed by atoms with Gasteiger partial charge in [-0.3, -0.25) is 9.59 Å². The monoisotopic (exact) mass is 261 g/mol. The Hall–Kier alpha value is -1.88. The largest absolute Gasteiger partial charge is 0.469 e. The lowest BCUT2D eigenvalue weighted by molar-refractivity contribution is -0.150. The summed E-state index contributed by atoms with van der Waals surface area (Å²) in [6.45, 7) is 0.533. The number of carbonyl (C=O) groups excluding carboxylic acids is 2. The number of amides is 1. The Morgan fingerprint density at radius 1 is 1.42 bits per heavy atom. The van der Waals surface area contributed by atoms with E-state index in [1.807, 2.05) is 24.3 Å². The van der Waals surface area contributed by atoms with E-state index in [-0.39, 0.29) is 5.91 Å². The van der Waals surface area contributed by atoms with Gasteiger partial charge in [0.05, 0.1) is 13.2 Å². The van der Waals surface area contributed by atoms with Crippen molar-refractivity contribution >= 4 is 11.9 Å². The molecule has 2 aliphatic rings. The topological polar surface area (TPSA) is 66.8 Å². The minimum Gasteiger partial charge on any atom is -0.469 e. The lowest BCUT2D eigenvalue weighted by atomic mass is 9.86. The van der Waals surface area contributed by atoms with Crippen LogP contribution in [0.5, 0.6) is 0 Å². The van der Waals surface area contributed by atoms with E-state index in [0.29, 0.717) is 6.54 Å². The number of methoxy groups -OCH3 is 1. The van der Waals surface area contributed by atoms with E-state index < -0.39 is 24.0 Å². The van der Waals surface area contributed by atoms with Crippen LogP contribution in [0.25, 0.3) is 0 Å². The van der Waals surface area contributed by atoms with Crippen molar-refractivity contribution in [2.45, 2.75) is 18.6 Å². The van der Waals surface area contributed by atoms with E-state index in [1.54, 1.807) is 4.90 Å². The highest BCUT2D eigenvalue weighted by Crippen LogP contribution is 2.42. The van der Waals surface area contributed by atoms with Gasteiger partial charge >= 0.3 is 5.97 Å². The summed E-state index contributed by atoms with van der Waals surface area (Å²) < 4.78 is 4.74. The van der Waals surface area contributed by atoms with Crippen LogP contribution in [-0.2, 0) is 20.7 Å². The van der Waals surface area contributed by atoms with Crippen LogP contribution in [0.1, 0.15) is 17.2 Å². The molecule has 3 atom stereocenters. The van der Waals surface area contributed by atoms with Crippen molar-refractivity contribution in [1.29, 1.82) is 0 Å². The Bertz CT molecular complexity index is 542. The van der Waals surface area contributed by atoms with Crippen molar-refractivity contribution in [3.63, 3.8) is 0 Å². The molecule has 100 valence electrons. The maximum atomic E-state index is 12.0. The standard InChI is InChI=1S/C14H15NO4/c1-19-14(18)10-11-9-5-3-2-4-8(9)6-7-15(11)13(17)12(10)16/h2-5,10-12,16H,6-7H2,1H3/t10-,11-,12-/m0/s1. The van der Waals surface area contributed by atoms with E-state index >= 15 is 0 Å². The second-order valence-electron chi connectivity index (χ2n) is 4.92. The summed E-state index contributed by atoms with van der Waals surface area (Å²) in [5.41, 5.74) is 2.06. The Morgan fingerprint density at radius 2 is 2.16 bits per heavy atom. The fraction of sp³-hybridized carbons (Fsp3) is 0.429. The third-order valence-corrected chi connectivity index (χ3v) is 4.02. The number of fused-ring (bicyclic) bond motifs is 3. The maximum absolute atomic E-state index is 12.0. The molecule has 5 heteroatoms. The van der Waals surface area contributed by atoms with E-state index in [4.69, 9.17) is 4.74 Å². The first-order valence-electron chi connectivity index (χ1n) is 6.29. The van der Waals surface area contributed by atoms with Crippen LogP contribution < -0.4 is 0 Å². The summed E-state index contributed by atoms with van der Waals surface area (Å²) >= 11 is 0. The van der Waals surface area contributed by atoms with Gasteiger partial charge in [-0.15, -0.1) is 0 Å². The molecule has 1 saturated heterocycles. The summed E-state index contributed by atoms with van der Waals surface area (Å²) in [4.78, 5) is 25.5. The molecule has 0 saturated carbocycles. The first-order chi connectivity index (χ1) is 9.15. The normalized spacial score (nSPS) is 28.8. The lowest BCUT2D eigenvalue weighted by Crippen LogP contribution is -2.36. The number of nitrogens with zero attached hydrogens (tertiary/aromatic N) is 1. The van der Waals surface area contributed by atoms with Gasteiger partial charge in [-0.05, 0) is 17.5 Å². The highest BCUT2D eigenvalue weighted by atomic mass is 16.5. The van der Waals surface area contributed by atoms with Crippen molar-refractivity contribution in [2.24, 2.45) is 5.92 Å². The van der Waals surface area contributed by atoms with Gasteiger partial charge in [0.25, 0.3) is 5.91 Å². The quantitative estimate of drug-likeness (QED) is 0.737. The average Bonchev–Trinajstić information content (AvgIpc) is 2.71. The fourth-order valence-corrected chi connectivity index (χ4v) is 3.12. The van der Waals surface area contributed by atoms with E-state index in [2.05, 4.69) is 0 Å². The van der Waals surface area contributed by atoms with Crippen molar-refractivity contribution in [3.05, 3.63) is 35.4 Å². The van der Waals surface area contributed by atoms with Gasteiger partial charge < -0.3 is 14.7 Å². The second kappa shape index (κ2) is 4.35. The zero-order chi connectivity index (χ0) is 13.6. The average molecular weight is 261 g/mol. The molecule has 19 heavy (non-hydrogen) atoms. The molecular formula is C14H15NO4. The number of hydrogen-bond donors (Lipinski definition) is 1. The molecular weight excluding hydrogens is 246 g/mol. The van der Waals surface area contributed by atoms with Crippen LogP contribution in [0.2, 0.25) is 0 Å². The fourth-order valence-electron chi connectivity index (χ4n) is 3.12. The van der Waals surface area contributed by atoms with Crippen LogP contribution in [0.15, 0.2) is 24.3 Å². The Morgan fingerprint density at radius 3 is 2.89 bits per heavy atom. The summed E-state index contributed by atoms with van der Waals surface area (Å²) in [6.07, 6.45) is -0.553. The molecule has 2 heterocycles. The molecule has 1 aromatic rings. The first-order valence-corrected chi connectivity index (χ1v) is 6.29. The van der Waals surface area contributed by atoms with Crippen LogP contribution in [0.4, 0.5) is 0 Å². The number of hydrogen-bond acceptors (Lipinski definition) is 4.